The number of nitrogens with one attached hydrogen (secondary N) is 2. The average Bonchev–Trinajstić information content (AvgIpc) is 3.23. The quantitative estimate of drug-likeness (QED) is 0.863. The third-order valence-electron chi connectivity index (χ3n) is 3.51. The van der Waals surface area contributed by atoms with Crippen LogP contribution in [-0.4, -0.2) is 28.6 Å². The molecule has 2 heterocycles. The molecule has 2 N–H and O–H groups in total. The van der Waals surface area contributed by atoms with E-state index in [2.05, 4.69) is 24.9 Å². The summed E-state index contributed by atoms with van der Waals surface area (Å²) < 4.78 is 27.2. The van der Waals surface area contributed by atoms with E-state index in [1.807, 2.05) is 6.07 Å². The molecular weight excluding hydrogens is 290 g/mol. The standard InChI is InChI=1S/C13H17N5O2S/c1-8-13(9(2)18-17-8)21(19,20)16-6-11-5-12(10-3-4-10)15-7-14-11/h5,7,10,16H,3-4,6H2,1-2H3,(H,17,18). The molecule has 0 radical (unpaired) electrons. The van der Waals surface area contributed by atoms with E-state index in [-0.39, 0.29) is 11.4 Å². The summed E-state index contributed by atoms with van der Waals surface area (Å²) in [6, 6.07) is 1.87. The lowest BCUT2D eigenvalue weighted by Crippen LogP contribution is -2.24. The normalized spacial score (nSPS) is 15.3. The predicted molar refractivity (Wildman–Crippen MR) is 76.1 cm³/mol. The van der Waals surface area contributed by atoms with Crippen molar-refractivity contribution in [1.82, 2.24) is 24.9 Å². The zero-order valence-corrected chi connectivity index (χ0v) is 12.7. The molecule has 0 saturated heterocycles. The van der Waals surface area contributed by atoms with Crippen LogP contribution in [0.25, 0.3) is 0 Å². The van der Waals surface area contributed by atoms with Gasteiger partial charge in [0.05, 0.1) is 23.6 Å². The number of nitrogens with zero attached hydrogens (tertiary/aromatic N) is 3. The van der Waals surface area contributed by atoms with E-state index >= 15 is 0 Å². The zero-order valence-electron chi connectivity index (χ0n) is 11.9. The van der Waals surface area contributed by atoms with Gasteiger partial charge in [0.1, 0.15) is 11.2 Å². The van der Waals surface area contributed by atoms with Gasteiger partial charge in [0, 0.05) is 11.6 Å². The largest absolute Gasteiger partial charge is 0.281 e. The molecule has 0 amide bonds. The van der Waals surface area contributed by atoms with Crippen LogP contribution in [0.5, 0.6) is 0 Å². The topological polar surface area (TPSA) is 101 Å². The first kappa shape index (κ1) is 14.2. The Kier molecular flexibility index (Phi) is 3.50. The van der Waals surface area contributed by atoms with Crippen LogP contribution in [0.1, 0.15) is 41.5 Å². The van der Waals surface area contributed by atoms with Gasteiger partial charge >= 0.3 is 0 Å². The number of aromatic amines is 1. The minimum Gasteiger partial charge on any atom is -0.281 e. The molecule has 0 bridgehead atoms. The maximum absolute atomic E-state index is 12.3. The number of hydrogen-bond acceptors (Lipinski definition) is 5. The van der Waals surface area contributed by atoms with E-state index in [1.54, 1.807) is 13.8 Å². The maximum atomic E-state index is 12.3. The fourth-order valence-electron chi connectivity index (χ4n) is 2.29. The van der Waals surface area contributed by atoms with Gasteiger partial charge in [-0.05, 0) is 32.8 Å². The van der Waals surface area contributed by atoms with Gasteiger partial charge in [-0.15, -0.1) is 0 Å². The Labute approximate surface area is 123 Å². The highest BCUT2D eigenvalue weighted by atomic mass is 32.2. The van der Waals surface area contributed by atoms with Gasteiger partial charge in [0.15, 0.2) is 0 Å². The summed E-state index contributed by atoms with van der Waals surface area (Å²) in [6.45, 7) is 3.49. The third kappa shape index (κ3) is 2.96. The van der Waals surface area contributed by atoms with Crippen molar-refractivity contribution in [1.29, 1.82) is 0 Å². The summed E-state index contributed by atoms with van der Waals surface area (Å²) in [5.41, 5.74) is 2.66. The number of aromatic nitrogens is 4. The van der Waals surface area contributed by atoms with E-state index < -0.39 is 10.0 Å². The maximum Gasteiger partial charge on any atom is 0.244 e. The van der Waals surface area contributed by atoms with Gasteiger partial charge in [0.25, 0.3) is 0 Å². The van der Waals surface area contributed by atoms with Gasteiger partial charge in [-0.3, -0.25) is 5.10 Å². The van der Waals surface area contributed by atoms with E-state index in [9.17, 15) is 8.42 Å². The molecule has 1 fully saturated rings. The first-order valence-corrected chi connectivity index (χ1v) is 8.28. The molecule has 1 saturated carbocycles. The number of H-pyrrole nitrogens is 1. The molecule has 112 valence electrons. The lowest BCUT2D eigenvalue weighted by molar-refractivity contribution is 0.579. The molecule has 2 aromatic rings. The summed E-state index contributed by atoms with van der Waals surface area (Å²) in [6.07, 6.45) is 3.79. The summed E-state index contributed by atoms with van der Waals surface area (Å²) >= 11 is 0. The fraction of sp³-hybridized carbons (Fsp3) is 0.462. The van der Waals surface area contributed by atoms with Crippen molar-refractivity contribution in [2.24, 2.45) is 0 Å². The van der Waals surface area contributed by atoms with Crippen molar-refractivity contribution in [3.05, 3.63) is 35.2 Å². The summed E-state index contributed by atoms with van der Waals surface area (Å²) in [5.74, 6) is 0.515. The van der Waals surface area contributed by atoms with Crippen LogP contribution in [0.4, 0.5) is 0 Å². The van der Waals surface area contributed by atoms with Crippen molar-refractivity contribution in [2.45, 2.75) is 44.0 Å². The second-order valence-corrected chi connectivity index (χ2v) is 7.00. The lowest BCUT2D eigenvalue weighted by atomic mass is 10.2. The number of rotatable bonds is 5. The van der Waals surface area contributed by atoms with Crippen LogP contribution in [0.15, 0.2) is 17.3 Å². The third-order valence-corrected chi connectivity index (χ3v) is 5.18. The van der Waals surface area contributed by atoms with Crippen molar-refractivity contribution in [2.75, 3.05) is 0 Å². The van der Waals surface area contributed by atoms with Crippen LogP contribution in [-0.2, 0) is 16.6 Å². The monoisotopic (exact) mass is 307 g/mol. The predicted octanol–water partition coefficient (Wildman–Crippen LogP) is 1.17. The average molecular weight is 307 g/mol. The van der Waals surface area contributed by atoms with Crippen molar-refractivity contribution < 1.29 is 8.42 Å². The fourth-order valence-corrected chi connectivity index (χ4v) is 3.66. The van der Waals surface area contributed by atoms with Crippen molar-refractivity contribution >= 4 is 10.0 Å². The Hall–Kier alpha value is -1.80. The number of aryl methyl sites for hydroxylation is 2. The van der Waals surface area contributed by atoms with E-state index in [1.165, 1.54) is 6.33 Å². The second-order valence-electron chi connectivity index (χ2n) is 5.30. The van der Waals surface area contributed by atoms with Gasteiger partial charge in [-0.25, -0.2) is 23.1 Å². The van der Waals surface area contributed by atoms with Gasteiger partial charge in [0.2, 0.25) is 10.0 Å². The molecule has 0 unspecified atom stereocenters. The minimum absolute atomic E-state index is 0.147. The molecule has 0 spiro atoms. The molecule has 3 rings (SSSR count). The molecule has 1 aliphatic carbocycles. The molecule has 0 aliphatic heterocycles. The Morgan fingerprint density at radius 1 is 1.33 bits per heavy atom. The van der Waals surface area contributed by atoms with Gasteiger partial charge in [-0.2, -0.15) is 5.10 Å². The number of hydrogen-bond donors (Lipinski definition) is 2. The van der Waals surface area contributed by atoms with Crippen LogP contribution in [0.3, 0.4) is 0 Å². The van der Waals surface area contributed by atoms with Gasteiger partial charge < -0.3 is 0 Å². The van der Waals surface area contributed by atoms with Crippen LogP contribution >= 0.6 is 0 Å². The molecule has 0 aromatic carbocycles. The summed E-state index contributed by atoms with van der Waals surface area (Å²) in [7, 11) is -3.60. The molecular formula is C13H17N5O2S. The Morgan fingerprint density at radius 2 is 2.10 bits per heavy atom. The molecule has 8 heteroatoms. The first-order chi connectivity index (χ1) is 9.97. The van der Waals surface area contributed by atoms with Crippen molar-refractivity contribution in [3.63, 3.8) is 0 Å². The zero-order chi connectivity index (χ0) is 15.0. The highest BCUT2D eigenvalue weighted by Crippen LogP contribution is 2.38. The molecule has 21 heavy (non-hydrogen) atoms. The summed E-state index contributed by atoms with van der Waals surface area (Å²) in [4.78, 5) is 8.55. The second kappa shape index (κ2) is 5.19. The smallest absolute Gasteiger partial charge is 0.244 e. The number of sulfonamides is 1. The molecule has 7 nitrogen and oxygen atoms in total. The Bertz CT molecular complexity index is 745. The highest BCUT2D eigenvalue weighted by molar-refractivity contribution is 7.89. The molecule has 1 aliphatic rings. The van der Waals surface area contributed by atoms with E-state index in [4.69, 9.17) is 0 Å². The Morgan fingerprint density at radius 3 is 2.71 bits per heavy atom. The first-order valence-electron chi connectivity index (χ1n) is 6.79. The minimum atomic E-state index is -3.60. The lowest BCUT2D eigenvalue weighted by Gasteiger charge is -2.07. The van der Waals surface area contributed by atoms with E-state index in [0.29, 0.717) is 23.0 Å². The van der Waals surface area contributed by atoms with Crippen LogP contribution in [0.2, 0.25) is 0 Å². The van der Waals surface area contributed by atoms with Crippen LogP contribution < -0.4 is 4.72 Å². The molecule has 2 aromatic heterocycles. The summed E-state index contributed by atoms with van der Waals surface area (Å²) in [5, 5.41) is 6.59. The Balaban J connectivity index is 1.76. The highest BCUT2D eigenvalue weighted by Gasteiger charge is 2.26. The van der Waals surface area contributed by atoms with Crippen LogP contribution in [0, 0.1) is 13.8 Å². The SMILES string of the molecule is Cc1n[nH]c(C)c1S(=O)(=O)NCc1cc(C2CC2)ncn1. The van der Waals surface area contributed by atoms with Crippen molar-refractivity contribution in [3.8, 4) is 0 Å². The van der Waals surface area contributed by atoms with Gasteiger partial charge in [-0.1, -0.05) is 0 Å². The van der Waals surface area contributed by atoms with E-state index in [0.717, 1.165) is 18.5 Å². The molecule has 0 atom stereocenters.